The van der Waals surface area contributed by atoms with E-state index in [0.717, 1.165) is 0 Å². The first-order valence-electron chi connectivity index (χ1n) is 9.06. The first-order valence-corrected chi connectivity index (χ1v) is 10.5. The Bertz CT molecular complexity index is 740. The van der Waals surface area contributed by atoms with Crippen LogP contribution in [0.25, 0.3) is 0 Å². The second kappa shape index (κ2) is 9.70. The Morgan fingerprint density at radius 2 is 1.78 bits per heavy atom. The van der Waals surface area contributed by atoms with Crippen molar-refractivity contribution in [1.29, 1.82) is 0 Å². The number of carboxylic acid groups (broad SMARTS) is 1. The lowest BCUT2D eigenvalue weighted by atomic mass is 9.86. The van der Waals surface area contributed by atoms with E-state index in [0.29, 0.717) is 38.0 Å². The molecule has 0 heterocycles. The van der Waals surface area contributed by atoms with Gasteiger partial charge in [0.1, 0.15) is 5.75 Å². The second-order valence-electron chi connectivity index (χ2n) is 6.51. The van der Waals surface area contributed by atoms with Crippen LogP contribution in [0.1, 0.15) is 39.0 Å². The van der Waals surface area contributed by atoms with Crippen molar-refractivity contribution in [1.82, 2.24) is 10.0 Å². The summed E-state index contributed by atoms with van der Waals surface area (Å²) in [5.41, 5.74) is 0. The van der Waals surface area contributed by atoms with Gasteiger partial charge in [-0.3, -0.25) is 9.59 Å². The fourth-order valence-electron chi connectivity index (χ4n) is 3.05. The van der Waals surface area contributed by atoms with Crippen molar-refractivity contribution in [2.24, 2.45) is 5.92 Å². The van der Waals surface area contributed by atoms with Crippen molar-refractivity contribution in [2.45, 2.75) is 50.0 Å². The molecule has 3 N–H and O–H groups in total. The van der Waals surface area contributed by atoms with Crippen molar-refractivity contribution in [2.75, 3.05) is 13.2 Å². The number of amides is 1. The zero-order chi connectivity index (χ0) is 19.9. The smallest absolute Gasteiger partial charge is 0.306 e. The molecule has 0 aromatic heterocycles. The van der Waals surface area contributed by atoms with E-state index in [1.807, 2.05) is 6.92 Å². The van der Waals surface area contributed by atoms with E-state index in [1.165, 1.54) is 12.1 Å². The van der Waals surface area contributed by atoms with Gasteiger partial charge < -0.3 is 15.2 Å². The lowest BCUT2D eigenvalue weighted by Crippen LogP contribution is -2.40. The number of carbonyl (C=O) groups is 2. The number of sulfonamides is 1. The Morgan fingerprint density at radius 1 is 1.15 bits per heavy atom. The van der Waals surface area contributed by atoms with Crippen molar-refractivity contribution in [3.05, 3.63) is 24.3 Å². The van der Waals surface area contributed by atoms with Crippen LogP contribution in [0.15, 0.2) is 29.2 Å². The summed E-state index contributed by atoms with van der Waals surface area (Å²) in [4.78, 5) is 23.0. The van der Waals surface area contributed by atoms with Gasteiger partial charge >= 0.3 is 5.97 Å². The summed E-state index contributed by atoms with van der Waals surface area (Å²) in [6.07, 6.45) is 2.37. The standard InChI is InChI=1S/C18H26N2O6S/c1-2-26-15-7-9-16(10-8-15)27(24,25)19-12-11-17(21)20-14-5-3-13(4-6-14)18(22)23/h7-10,13-14,19H,2-6,11-12H2,1H3,(H,20,21)(H,22,23). The summed E-state index contributed by atoms with van der Waals surface area (Å²) in [5, 5.41) is 11.8. The largest absolute Gasteiger partial charge is 0.494 e. The highest BCUT2D eigenvalue weighted by atomic mass is 32.2. The molecule has 1 aromatic rings. The summed E-state index contributed by atoms with van der Waals surface area (Å²) in [5.74, 6) is -0.779. The lowest BCUT2D eigenvalue weighted by molar-refractivity contribution is -0.142. The van der Waals surface area contributed by atoms with Crippen LogP contribution in [0, 0.1) is 5.92 Å². The molecule has 27 heavy (non-hydrogen) atoms. The summed E-state index contributed by atoms with van der Waals surface area (Å²) >= 11 is 0. The molecule has 0 atom stereocenters. The number of aliphatic carboxylic acids is 1. The zero-order valence-electron chi connectivity index (χ0n) is 15.3. The Morgan fingerprint density at radius 3 is 2.33 bits per heavy atom. The Kier molecular flexibility index (Phi) is 7.61. The number of nitrogens with one attached hydrogen (secondary N) is 2. The minimum atomic E-state index is -3.69. The van der Waals surface area contributed by atoms with Gasteiger partial charge in [0, 0.05) is 19.0 Å². The molecule has 2 rings (SSSR count). The first kappa shape index (κ1) is 21.2. The quantitative estimate of drug-likeness (QED) is 0.580. The van der Waals surface area contributed by atoms with Gasteiger partial charge in [-0.15, -0.1) is 0 Å². The molecule has 0 saturated heterocycles. The van der Waals surface area contributed by atoms with Crippen LogP contribution in [0.4, 0.5) is 0 Å². The van der Waals surface area contributed by atoms with Gasteiger partial charge in [-0.05, 0) is 56.9 Å². The minimum absolute atomic E-state index is 0.00809. The first-order chi connectivity index (χ1) is 12.8. The van der Waals surface area contributed by atoms with Crippen LogP contribution in [0.2, 0.25) is 0 Å². The molecular weight excluding hydrogens is 372 g/mol. The highest BCUT2D eigenvalue weighted by molar-refractivity contribution is 7.89. The second-order valence-corrected chi connectivity index (χ2v) is 8.27. The maximum atomic E-state index is 12.2. The molecule has 8 nitrogen and oxygen atoms in total. The number of hydrogen-bond donors (Lipinski definition) is 3. The Labute approximate surface area is 159 Å². The average Bonchev–Trinajstić information content (AvgIpc) is 2.63. The molecule has 1 saturated carbocycles. The van der Waals surface area contributed by atoms with E-state index in [1.54, 1.807) is 12.1 Å². The van der Waals surface area contributed by atoms with Crippen molar-refractivity contribution in [3.8, 4) is 5.75 Å². The molecule has 0 spiro atoms. The van der Waals surface area contributed by atoms with Crippen LogP contribution in [0.5, 0.6) is 5.75 Å². The number of ether oxygens (including phenoxy) is 1. The van der Waals surface area contributed by atoms with Crippen LogP contribution in [-0.2, 0) is 19.6 Å². The predicted molar refractivity (Wildman–Crippen MR) is 98.9 cm³/mol. The van der Waals surface area contributed by atoms with Crippen LogP contribution >= 0.6 is 0 Å². The molecule has 0 radical (unpaired) electrons. The fraction of sp³-hybridized carbons (Fsp3) is 0.556. The van der Waals surface area contributed by atoms with Gasteiger partial charge in [-0.2, -0.15) is 0 Å². The van der Waals surface area contributed by atoms with Crippen LogP contribution in [0.3, 0.4) is 0 Å². The van der Waals surface area contributed by atoms with Crippen LogP contribution in [-0.4, -0.2) is 44.6 Å². The zero-order valence-corrected chi connectivity index (χ0v) is 16.1. The van der Waals surface area contributed by atoms with E-state index in [4.69, 9.17) is 9.84 Å². The van der Waals surface area contributed by atoms with E-state index in [2.05, 4.69) is 10.0 Å². The Hall–Kier alpha value is -2.13. The molecule has 0 unspecified atom stereocenters. The predicted octanol–water partition coefficient (Wildman–Crippen LogP) is 1.51. The summed E-state index contributed by atoms with van der Waals surface area (Å²) in [6.45, 7) is 2.33. The lowest BCUT2D eigenvalue weighted by Gasteiger charge is -2.26. The van der Waals surface area contributed by atoms with Gasteiger partial charge in [0.15, 0.2) is 0 Å². The van der Waals surface area contributed by atoms with E-state index < -0.39 is 16.0 Å². The molecular formula is C18H26N2O6S. The number of benzene rings is 1. The van der Waals surface area contributed by atoms with E-state index in [9.17, 15) is 18.0 Å². The summed E-state index contributed by atoms with van der Waals surface area (Å²) in [7, 11) is -3.69. The minimum Gasteiger partial charge on any atom is -0.494 e. The molecule has 1 fully saturated rings. The maximum Gasteiger partial charge on any atom is 0.306 e. The Balaban J connectivity index is 1.74. The molecule has 0 bridgehead atoms. The fourth-order valence-corrected chi connectivity index (χ4v) is 4.08. The number of rotatable bonds is 9. The molecule has 150 valence electrons. The van der Waals surface area contributed by atoms with Crippen LogP contribution < -0.4 is 14.8 Å². The van der Waals surface area contributed by atoms with Crippen molar-refractivity contribution < 1.29 is 27.9 Å². The highest BCUT2D eigenvalue weighted by Gasteiger charge is 2.26. The molecule has 1 aliphatic rings. The topological polar surface area (TPSA) is 122 Å². The third-order valence-corrected chi connectivity index (χ3v) is 6.01. The molecule has 1 aliphatic carbocycles. The third-order valence-electron chi connectivity index (χ3n) is 4.53. The number of carboxylic acids is 1. The monoisotopic (exact) mass is 398 g/mol. The normalized spacial score (nSPS) is 20.0. The molecule has 0 aliphatic heterocycles. The molecule has 1 aromatic carbocycles. The van der Waals surface area contributed by atoms with Gasteiger partial charge in [-0.25, -0.2) is 13.1 Å². The average molecular weight is 398 g/mol. The molecule has 9 heteroatoms. The van der Waals surface area contributed by atoms with Gasteiger partial charge in [0.25, 0.3) is 0 Å². The van der Waals surface area contributed by atoms with Crippen molar-refractivity contribution in [3.63, 3.8) is 0 Å². The highest BCUT2D eigenvalue weighted by Crippen LogP contribution is 2.24. The molecule has 1 amide bonds. The van der Waals surface area contributed by atoms with E-state index in [-0.39, 0.29) is 35.7 Å². The SMILES string of the molecule is CCOc1ccc(S(=O)(=O)NCCC(=O)NC2CCC(C(=O)O)CC2)cc1. The number of carbonyl (C=O) groups excluding carboxylic acids is 1. The van der Waals surface area contributed by atoms with Crippen molar-refractivity contribution >= 4 is 21.9 Å². The third kappa shape index (κ3) is 6.51. The van der Waals surface area contributed by atoms with E-state index >= 15 is 0 Å². The van der Waals surface area contributed by atoms with Gasteiger partial charge in [0.2, 0.25) is 15.9 Å². The van der Waals surface area contributed by atoms with Gasteiger partial charge in [0.05, 0.1) is 17.4 Å². The summed E-state index contributed by atoms with van der Waals surface area (Å²) in [6, 6.07) is 6.02. The summed E-state index contributed by atoms with van der Waals surface area (Å²) < 4.78 is 32.2. The maximum absolute atomic E-state index is 12.2. The number of hydrogen-bond acceptors (Lipinski definition) is 5. The van der Waals surface area contributed by atoms with Gasteiger partial charge in [-0.1, -0.05) is 0 Å².